The highest BCUT2D eigenvalue weighted by Crippen LogP contribution is 2.16. The van der Waals surface area contributed by atoms with E-state index in [2.05, 4.69) is 9.97 Å². The summed E-state index contributed by atoms with van der Waals surface area (Å²) in [7, 11) is 0. The number of hydrogen-bond donors (Lipinski definition) is 1. The van der Waals surface area contributed by atoms with Crippen LogP contribution >= 0.6 is 11.3 Å². The van der Waals surface area contributed by atoms with Crippen LogP contribution in [-0.4, -0.2) is 19.5 Å². The zero-order valence-corrected chi connectivity index (χ0v) is 12.2. The molecule has 0 atom stereocenters. The van der Waals surface area contributed by atoms with Crippen molar-refractivity contribution in [3.63, 3.8) is 0 Å². The van der Waals surface area contributed by atoms with Crippen molar-refractivity contribution in [2.24, 2.45) is 0 Å². The van der Waals surface area contributed by atoms with Gasteiger partial charge in [-0.25, -0.2) is 4.98 Å². The van der Waals surface area contributed by atoms with Crippen molar-refractivity contribution in [3.8, 4) is 0 Å². The Balaban J connectivity index is 2.08. The largest absolute Gasteiger partial charge is 0.308 e. The maximum absolute atomic E-state index is 11.9. The van der Waals surface area contributed by atoms with Crippen molar-refractivity contribution >= 4 is 27.2 Å². The standard InChI is InChI=1S/C13H10N4O4S/c1-7-4-11(18)16(5-9(7)17(20)21)6-10-14-8-2-3-22-12(8)13(19)15-10/h2-5H,6H2,1H3,(H,14,15,19). The van der Waals surface area contributed by atoms with E-state index in [0.29, 0.717) is 15.8 Å². The van der Waals surface area contributed by atoms with Crippen molar-refractivity contribution in [2.75, 3.05) is 0 Å². The number of aromatic nitrogens is 3. The van der Waals surface area contributed by atoms with E-state index in [0.717, 1.165) is 10.8 Å². The summed E-state index contributed by atoms with van der Waals surface area (Å²) < 4.78 is 1.66. The van der Waals surface area contributed by atoms with E-state index in [1.165, 1.54) is 24.3 Å². The average molecular weight is 318 g/mol. The zero-order valence-electron chi connectivity index (χ0n) is 11.4. The number of thiophene rings is 1. The monoisotopic (exact) mass is 318 g/mol. The van der Waals surface area contributed by atoms with Gasteiger partial charge in [-0.1, -0.05) is 0 Å². The fourth-order valence-corrected chi connectivity index (χ4v) is 2.85. The summed E-state index contributed by atoms with van der Waals surface area (Å²) in [4.78, 5) is 41.1. The maximum atomic E-state index is 11.9. The van der Waals surface area contributed by atoms with E-state index in [4.69, 9.17) is 0 Å². The number of aromatic amines is 1. The van der Waals surface area contributed by atoms with Crippen LogP contribution in [0.2, 0.25) is 0 Å². The normalized spacial score (nSPS) is 11.0. The predicted molar refractivity (Wildman–Crippen MR) is 81.4 cm³/mol. The number of nitro groups is 1. The summed E-state index contributed by atoms with van der Waals surface area (Å²) in [6.07, 6.45) is 1.16. The Kier molecular flexibility index (Phi) is 3.33. The summed E-state index contributed by atoms with van der Waals surface area (Å²) in [6.45, 7) is 1.46. The van der Waals surface area contributed by atoms with Gasteiger partial charge in [0.2, 0.25) is 0 Å². The molecule has 22 heavy (non-hydrogen) atoms. The highest BCUT2D eigenvalue weighted by atomic mass is 32.1. The van der Waals surface area contributed by atoms with Crippen molar-refractivity contribution in [3.05, 3.63) is 65.9 Å². The summed E-state index contributed by atoms with van der Waals surface area (Å²) in [5, 5.41) is 12.7. The molecular weight excluding hydrogens is 308 g/mol. The summed E-state index contributed by atoms with van der Waals surface area (Å²) in [5.74, 6) is 0.274. The fraction of sp³-hybridized carbons (Fsp3) is 0.154. The van der Waals surface area contributed by atoms with E-state index in [1.807, 2.05) is 0 Å². The molecule has 0 radical (unpaired) electrons. The van der Waals surface area contributed by atoms with Gasteiger partial charge < -0.3 is 9.55 Å². The Hall–Kier alpha value is -2.81. The highest BCUT2D eigenvalue weighted by molar-refractivity contribution is 7.17. The molecule has 1 N–H and O–H groups in total. The molecule has 0 spiro atoms. The Morgan fingerprint density at radius 1 is 1.45 bits per heavy atom. The van der Waals surface area contributed by atoms with Gasteiger partial charge in [0.05, 0.1) is 23.2 Å². The summed E-state index contributed by atoms with van der Waals surface area (Å²) in [6, 6.07) is 2.90. The first-order valence-corrected chi connectivity index (χ1v) is 7.15. The molecule has 0 aliphatic heterocycles. The molecule has 0 unspecified atom stereocenters. The number of nitrogens with one attached hydrogen (secondary N) is 1. The molecule has 0 aliphatic rings. The van der Waals surface area contributed by atoms with Crippen LogP contribution in [0.15, 0.2) is 33.3 Å². The maximum Gasteiger partial charge on any atom is 0.288 e. The molecule has 0 aliphatic carbocycles. The molecule has 3 aromatic rings. The van der Waals surface area contributed by atoms with Gasteiger partial charge in [-0.15, -0.1) is 11.3 Å². The van der Waals surface area contributed by atoms with Crippen LogP contribution in [0.3, 0.4) is 0 Å². The van der Waals surface area contributed by atoms with Crippen LogP contribution in [0, 0.1) is 17.0 Å². The lowest BCUT2D eigenvalue weighted by atomic mass is 10.2. The molecular formula is C13H10N4O4S. The van der Waals surface area contributed by atoms with Gasteiger partial charge in [0.25, 0.3) is 16.8 Å². The molecule has 112 valence electrons. The molecule has 0 aromatic carbocycles. The molecule has 0 fully saturated rings. The minimum absolute atomic E-state index is 0.0407. The SMILES string of the molecule is Cc1cc(=O)n(Cc2nc3ccsc3c(=O)[nH]2)cc1[N+](=O)[O-]. The van der Waals surface area contributed by atoms with E-state index >= 15 is 0 Å². The Morgan fingerprint density at radius 2 is 2.23 bits per heavy atom. The second-order valence-corrected chi connectivity index (χ2v) is 5.63. The van der Waals surface area contributed by atoms with Gasteiger partial charge in [0.15, 0.2) is 0 Å². The first-order valence-electron chi connectivity index (χ1n) is 6.27. The van der Waals surface area contributed by atoms with E-state index in [-0.39, 0.29) is 23.6 Å². The average Bonchev–Trinajstić information content (AvgIpc) is 2.90. The van der Waals surface area contributed by atoms with Gasteiger partial charge in [-0.2, -0.15) is 0 Å². The molecule has 0 amide bonds. The lowest BCUT2D eigenvalue weighted by molar-refractivity contribution is -0.385. The third-order valence-corrected chi connectivity index (χ3v) is 4.09. The highest BCUT2D eigenvalue weighted by Gasteiger charge is 2.14. The topological polar surface area (TPSA) is 111 Å². The van der Waals surface area contributed by atoms with Crippen molar-refractivity contribution in [2.45, 2.75) is 13.5 Å². The zero-order chi connectivity index (χ0) is 15.9. The number of nitrogens with zero attached hydrogens (tertiary/aromatic N) is 3. The number of aryl methyl sites for hydroxylation is 1. The van der Waals surface area contributed by atoms with Gasteiger partial charge in [-0.3, -0.25) is 19.7 Å². The third kappa shape index (κ3) is 2.42. The van der Waals surface area contributed by atoms with E-state index in [1.54, 1.807) is 11.4 Å². The Morgan fingerprint density at radius 3 is 2.95 bits per heavy atom. The van der Waals surface area contributed by atoms with Gasteiger partial charge in [-0.05, 0) is 18.4 Å². The molecule has 9 heteroatoms. The number of H-pyrrole nitrogens is 1. The number of fused-ring (bicyclic) bond motifs is 1. The van der Waals surface area contributed by atoms with Gasteiger partial charge >= 0.3 is 0 Å². The predicted octanol–water partition coefficient (Wildman–Crippen LogP) is 1.41. The minimum Gasteiger partial charge on any atom is -0.308 e. The Bertz CT molecular complexity index is 1000. The quantitative estimate of drug-likeness (QED) is 0.580. The van der Waals surface area contributed by atoms with Crippen molar-refractivity contribution < 1.29 is 4.92 Å². The lowest BCUT2D eigenvalue weighted by Crippen LogP contribution is -2.23. The summed E-state index contributed by atoms with van der Waals surface area (Å²) in [5.41, 5.74) is -0.00113. The van der Waals surface area contributed by atoms with Crippen LogP contribution < -0.4 is 11.1 Å². The number of pyridine rings is 1. The van der Waals surface area contributed by atoms with Crippen LogP contribution in [0.1, 0.15) is 11.4 Å². The van der Waals surface area contributed by atoms with Crippen LogP contribution in [0.25, 0.3) is 10.2 Å². The second-order valence-electron chi connectivity index (χ2n) is 4.71. The summed E-state index contributed by atoms with van der Waals surface area (Å²) >= 11 is 1.28. The molecule has 3 rings (SSSR count). The number of rotatable bonds is 3. The van der Waals surface area contributed by atoms with Gasteiger partial charge in [0.1, 0.15) is 10.5 Å². The first-order chi connectivity index (χ1) is 10.5. The molecule has 0 saturated heterocycles. The molecule has 3 heterocycles. The molecule has 0 bridgehead atoms. The fourth-order valence-electron chi connectivity index (χ4n) is 2.13. The third-order valence-electron chi connectivity index (χ3n) is 3.19. The lowest BCUT2D eigenvalue weighted by Gasteiger charge is -2.06. The second kappa shape index (κ2) is 5.19. The van der Waals surface area contributed by atoms with Crippen molar-refractivity contribution in [1.82, 2.24) is 14.5 Å². The Labute approximate surface area is 126 Å². The van der Waals surface area contributed by atoms with E-state index in [9.17, 15) is 19.7 Å². The van der Waals surface area contributed by atoms with Gasteiger partial charge in [0, 0.05) is 11.6 Å². The molecule has 8 nitrogen and oxygen atoms in total. The van der Waals surface area contributed by atoms with Crippen LogP contribution in [-0.2, 0) is 6.54 Å². The van der Waals surface area contributed by atoms with Crippen LogP contribution in [0.5, 0.6) is 0 Å². The smallest absolute Gasteiger partial charge is 0.288 e. The molecule has 3 aromatic heterocycles. The van der Waals surface area contributed by atoms with Crippen molar-refractivity contribution in [1.29, 1.82) is 0 Å². The minimum atomic E-state index is -0.552. The number of hydrogen-bond acceptors (Lipinski definition) is 6. The first kappa shape index (κ1) is 14.1. The molecule has 0 saturated carbocycles. The van der Waals surface area contributed by atoms with Crippen LogP contribution in [0.4, 0.5) is 5.69 Å². The van der Waals surface area contributed by atoms with E-state index < -0.39 is 10.5 Å².